The van der Waals surface area contributed by atoms with Crippen molar-refractivity contribution in [2.24, 2.45) is 20.5 Å². The number of phenolic OH excluding ortho intramolecular Hbond substituents is 1. The maximum Gasteiger partial charge on any atom is 0.296 e. The SMILES string of the molecule is Nc1ccc2cc(S(=O)(=O)O)c(N=Nc3ccc(N=Nc4ccccc4)c4ccccc34)c(O)c2c1.[Na]. The smallest absolute Gasteiger partial charge is 0.296 e. The van der Waals surface area contributed by atoms with Crippen molar-refractivity contribution >= 4 is 89.7 Å². The minimum absolute atomic E-state index is 0. The summed E-state index contributed by atoms with van der Waals surface area (Å²) in [5.74, 6) is -0.464. The van der Waals surface area contributed by atoms with Gasteiger partial charge in [-0.15, -0.1) is 15.3 Å². The molecule has 0 bridgehead atoms. The van der Waals surface area contributed by atoms with Gasteiger partial charge in [0.2, 0.25) is 0 Å². The Balaban J connectivity index is 0.00000320. The van der Waals surface area contributed by atoms with Crippen LogP contribution in [0.15, 0.2) is 116 Å². The van der Waals surface area contributed by atoms with Gasteiger partial charge < -0.3 is 10.8 Å². The number of benzene rings is 5. The fourth-order valence-electron chi connectivity index (χ4n) is 3.80. The number of azo groups is 2. The molecule has 0 aliphatic heterocycles. The summed E-state index contributed by atoms with van der Waals surface area (Å²) in [5, 5.41) is 29.8. The molecule has 9 nitrogen and oxygen atoms in total. The van der Waals surface area contributed by atoms with Crippen molar-refractivity contribution < 1.29 is 18.1 Å². The van der Waals surface area contributed by atoms with Crippen LogP contribution in [-0.4, -0.2) is 47.6 Å². The standard InChI is InChI=1S/C26H19N5O4S.Na/c27-17-11-10-16-14-24(36(33,34)35)25(26(32)21(16)15-17)31-30-23-13-12-22(19-8-4-5-9-20(19)23)29-28-18-6-2-1-3-7-18;/h1-15,32H,27H2,(H,33,34,35);. The first-order chi connectivity index (χ1) is 17.3. The molecule has 11 heteroatoms. The van der Waals surface area contributed by atoms with Crippen LogP contribution in [0.2, 0.25) is 0 Å². The van der Waals surface area contributed by atoms with Gasteiger partial charge in [0, 0.05) is 51.4 Å². The predicted octanol–water partition coefficient (Wildman–Crippen LogP) is 6.98. The number of hydrogen-bond donors (Lipinski definition) is 3. The zero-order valence-electron chi connectivity index (χ0n) is 19.6. The minimum atomic E-state index is -4.72. The fraction of sp³-hybridized carbons (Fsp3) is 0. The van der Waals surface area contributed by atoms with E-state index in [9.17, 15) is 18.1 Å². The molecule has 0 amide bonds. The Morgan fingerprint density at radius 2 is 1.27 bits per heavy atom. The number of nitrogens with zero attached hydrogens (tertiary/aromatic N) is 4. The Bertz CT molecular complexity index is 1790. The number of phenols is 1. The molecule has 1 radical (unpaired) electrons. The van der Waals surface area contributed by atoms with Crippen LogP contribution in [0.3, 0.4) is 0 Å². The van der Waals surface area contributed by atoms with E-state index in [4.69, 9.17) is 5.73 Å². The maximum absolute atomic E-state index is 12.1. The second-order valence-electron chi connectivity index (χ2n) is 7.91. The van der Waals surface area contributed by atoms with Crippen molar-refractivity contribution in [1.29, 1.82) is 0 Å². The minimum Gasteiger partial charge on any atom is -0.505 e. The van der Waals surface area contributed by atoms with Crippen molar-refractivity contribution in [3.63, 3.8) is 0 Å². The monoisotopic (exact) mass is 520 g/mol. The number of aromatic hydroxyl groups is 1. The van der Waals surface area contributed by atoms with Gasteiger partial charge >= 0.3 is 0 Å². The van der Waals surface area contributed by atoms with Crippen LogP contribution in [0.4, 0.5) is 28.4 Å². The van der Waals surface area contributed by atoms with Crippen molar-refractivity contribution in [2.45, 2.75) is 4.90 Å². The van der Waals surface area contributed by atoms with Crippen LogP contribution < -0.4 is 5.73 Å². The fourth-order valence-corrected chi connectivity index (χ4v) is 4.46. The summed E-state index contributed by atoms with van der Waals surface area (Å²) < 4.78 is 33.9. The molecule has 179 valence electrons. The van der Waals surface area contributed by atoms with Gasteiger partial charge in [-0.25, -0.2) is 0 Å². The van der Waals surface area contributed by atoms with Crippen LogP contribution in [0.5, 0.6) is 5.75 Å². The molecule has 0 atom stereocenters. The summed E-state index contributed by atoms with van der Waals surface area (Å²) in [4.78, 5) is -0.571. The molecule has 5 rings (SSSR count). The van der Waals surface area contributed by atoms with E-state index in [0.717, 1.165) is 5.39 Å². The molecule has 0 fully saturated rings. The Morgan fingerprint density at radius 1 is 0.676 bits per heavy atom. The number of nitrogen functional groups attached to an aromatic ring is 1. The number of anilines is 1. The molecule has 0 aromatic heterocycles. The third kappa shape index (κ3) is 5.53. The first-order valence-electron chi connectivity index (χ1n) is 10.7. The molecule has 37 heavy (non-hydrogen) atoms. The van der Waals surface area contributed by atoms with E-state index in [1.165, 1.54) is 18.2 Å². The summed E-state index contributed by atoms with van der Waals surface area (Å²) in [7, 11) is -4.72. The van der Waals surface area contributed by atoms with Crippen molar-refractivity contribution in [2.75, 3.05) is 5.73 Å². The van der Waals surface area contributed by atoms with Gasteiger partial charge in [0.15, 0.2) is 5.75 Å². The second kappa shape index (κ2) is 10.8. The molecule has 0 heterocycles. The first kappa shape index (κ1) is 26.4. The summed E-state index contributed by atoms with van der Waals surface area (Å²) in [6, 6.07) is 25.8. The molecule has 0 saturated carbocycles. The average molecular weight is 521 g/mol. The van der Waals surface area contributed by atoms with Gasteiger partial charge in [-0.05, 0) is 47.9 Å². The van der Waals surface area contributed by atoms with Crippen LogP contribution in [0.25, 0.3) is 21.5 Å². The molecule has 0 saturated heterocycles. The third-order valence-corrected chi connectivity index (χ3v) is 6.39. The van der Waals surface area contributed by atoms with E-state index in [2.05, 4.69) is 20.5 Å². The van der Waals surface area contributed by atoms with Gasteiger partial charge in [-0.1, -0.05) is 48.5 Å². The molecular weight excluding hydrogens is 501 g/mol. The quantitative estimate of drug-likeness (QED) is 0.0989. The van der Waals surface area contributed by atoms with E-state index in [-0.39, 0.29) is 34.9 Å². The molecule has 0 unspecified atom stereocenters. The Hall–Kier alpha value is -3.67. The first-order valence-corrected chi connectivity index (χ1v) is 12.2. The summed E-state index contributed by atoms with van der Waals surface area (Å²) in [6.07, 6.45) is 0. The Morgan fingerprint density at radius 3 is 1.89 bits per heavy atom. The Kier molecular flexibility index (Phi) is 7.67. The van der Waals surface area contributed by atoms with Crippen LogP contribution in [0.1, 0.15) is 0 Å². The Labute approximate surface area is 234 Å². The van der Waals surface area contributed by atoms with Crippen molar-refractivity contribution in [3.05, 3.63) is 91.0 Å². The topological polar surface area (TPSA) is 150 Å². The van der Waals surface area contributed by atoms with Crippen molar-refractivity contribution in [1.82, 2.24) is 0 Å². The zero-order chi connectivity index (χ0) is 25.3. The van der Waals surface area contributed by atoms with Crippen LogP contribution >= 0.6 is 0 Å². The van der Waals surface area contributed by atoms with Gasteiger partial charge in [0.25, 0.3) is 10.1 Å². The van der Waals surface area contributed by atoms with E-state index in [1.807, 2.05) is 54.6 Å². The van der Waals surface area contributed by atoms with Crippen LogP contribution in [-0.2, 0) is 10.1 Å². The van der Waals surface area contributed by atoms with Gasteiger partial charge in [0.1, 0.15) is 10.6 Å². The van der Waals surface area contributed by atoms with Gasteiger partial charge in [0.05, 0.1) is 17.1 Å². The summed E-state index contributed by atoms with van der Waals surface area (Å²) in [5.41, 5.74) is 7.50. The normalized spacial score (nSPS) is 11.9. The average Bonchev–Trinajstić information content (AvgIpc) is 2.87. The predicted molar refractivity (Wildman–Crippen MR) is 144 cm³/mol. The molecular formula is C26H19N5NaO4S. The number of rotatable bonds is 5. The second-order valence-corrected chi connectivity index (χ2v) is 9.30. The molecule has 0 spiro atoms. The zero-order valence-corrected chi connectivity index (χ0v) is 22.5. The molecule has 4 N–H and O–H groups in total. The molecule has 0 aliphatic rings. The number of fused-ring (bicyclic) bond motifs is 2. The largest absolute Gasteiger partial charge is 0.505 e. The van der Waals surface area contributed by atoms with Crippen molar-refractivity contribution in [3.8, 4) is 5.75 Å². The summed E-state index contributed by atoms with van der Waals surface area (Å²) in [6.45, 7) is 0. The molecule has 0 aliphatic carbocycles. The van der Waals surface area contributed by atoms with E-state index in [1.54, 1.807) is 18.2 Å². The van der Waals surface area contributed by atoms with E-state index >= 15 is 0 Å². The number of nitrogens with two attached hydrogens (primary N) is 1. The van der Waals surface area contributed by atoms with E-state index in [0.29, 0.717) is 33.5 Å². The van der Waals surface area contributed by atoms with Gasteiger partial charge in [-0.3, -0.25) is 4.55 Å². The number of hydrogen-bond acceptors (Lipinski definition) is 8. The molecule has 5 aromatic carbocycles. The maximum atomic E-state index is 12.1. The van der Waals surface area contributed by atoms with Gasteiger partial charge in [-0.2, -0.15) is 13.5 Å². The summed E-state index contributed by atoms with van der Waals surface area (Å²) >= 11 is 0. The van der Waals surface area contributed by atoms with E-state index < -0.39 is 26.5 Å². The van der Waals surface area contributed by atoms with Crippen LogP contribution in [0, 0.1) is 0 Å². The molecule has 5 aromatic rings. The third-order valence-electron chi connectivity index (χ3n) is 5.52.